The fourth-order valence-electron chi connectivity index (χ4n) is 2.91. The van der Waals surface area contributed by atoms with Crippen LogP contribution >= 0.6 is 0 Å². The fraction of sp³-hybridized carbons (Fsp3) is 0.350. The molecule has 2 aromatic carbocycles. The van der Waals surface area contributed by atoms with Gasteiger partial charge in [-0.05, 0) is 41.8 Å². The fourth-order valence-corrected chi connectivity index (χ4v) is 2.91. The van der Waals surface area contributed by atoms with E-state index in [1.807, 2.05) is 12.1 Å². The molecule has 1 saturated heterocycles. The van der Waals surface area contributed by atoms with Crippen LogP contribution in [0.4, 0.5) is 4.39 Å². The van der Waals surface area contributed by atoms with Crippen molar-refractivity contribution in [2.75, 3.05) is 20.8 Å². The van der Waals surface area contributed by atoms with Crippen LogP contribution in [0.2, 0.25) is 0 Å². The third-order valence-corrected chi connectivity index (χ3v) is 4.40. The summed E-state index contributed by atoms with van der Waals surface area (Å²) in [6.07, 6.45) is 0.743. The first-order valence-corrected chi connectivity index (χ1v) is 8.73. The number of rotatable bonds is 8. The van der Waals surface area contributed by atoms with Gasteiger partial charge >= 0.3 is 0 Å². The number of carbonyl (C=O) groups excluding carboxylic acids is 1. The first kappa shape index (κ1) is 19.0. The van der Waals surface area contributed by atoms with Gasteiger partial charge in [-0.15, -0.1) is 0 Å². The van der Waals surface area contributed by atoms with Gasteiger partial charge in [0.1, 0.15) is 18.1 Å². The summed E-state index contributed by atoms with van der Waals surface area (Å²) in [5.74, 6) is 1.000. The highest BCUT2D eigenvalue weighted by Crippen LogP contribution is 2.25. The maximum absolute atomic E-state index is 14.3. The lowest BCUT2D eigenvalue weighted by atomic mass is 10.1. The first-order chi connectivity index (χ1) is 13.1. The molecule has 1 aliphatic heterocycles. The molecule has 1 atom stereocenters. The molecule has 6 nitrogen and oxygen atoms in total. The molecule has 1 amide bonds. The highest BCUT2D eigenvalue weighted by molar-refractivity contribution is 5.83. The summed E-state index contributed by atoms with van der Waals surface area (Å²) in [6, 6.07) is 9.96. The van der Waals surface area contributed by atoms with Crippen LogP contribution in [-0.4, -0.2) is 32.7 Å². The number of ether oxygens (including phenoxy) is 3. The van der Waals surface area contributed by atoms with Crippen molar-refractivity contribution in [3.63, 3.8) is 0 Å². The number of nitrogens with one attached hydrogen (secondary N) is 2. The Hall–Kier alpha value is -2.80. The Morgan fingerprint density at radius 3 is 2.44 bits per heavy atom. The van der Waals surface area contributed by atoms with Gasteiger partial charge in [0.15, 0.2) is 11.6 Å². The Kier molecular flexibility index (Phi) is 6.13. The number of hydrogen-bond donors (Lipinski definition) is 2. The van der Waals surface area contributed by atoms with E-state index in [0.717, 1.165) is 17.5 Å². The molecule has 0 radical (unpaired) electrons. The molecule has 1 fully saturated rings. The highest BCUT2D eigenvalue weighted by Gasteiger charge is 2.23. The van der Waals surface area contributed by atoms with Crippen molar-refractivity contribution in [3.8, 4) is 17.2 Å². The topological polar surface area (TPSA) is 68.8 Å². The second kappa shape index (κ2) is 8.73. The summed E-state index contributed by atoms with van der Waals surface area (Å²) < 4.78 is 30.4. The minimum Gasteiger partial charge on any atom is -0.497 e. The van der Waals surface area contributed by atoms with Gasteiger partial charge in [0, 0.05) is 19.2 Å². The van der Waals surface area contributed by atoms with Crippen LogP contribution in [0.3, 0.4) is 0 Å². The van der Waals surface area contributed by atoms with E-state index in [4.69, 9.17) is 14.2 Å². The van der Waals surface area contributed by atoms with Crippen molar-refractivity contribution >= 4 is 5.91 Å². The van der Waals surface area contributed by atoms with Crippen LogP contribution in [0.5, 0.6) is 17.2 Å². The highest BCUT2D eigenvalue weighted by atomic mass is 19.1. The van der Waals surface area contributed by atoms with E-state index in [-0.39, 0.29) is 24.3 Å². The summed E-state index contributed by atoms with van der Waals surface area (Å²) in [4.78, 5) is 11.5. The van der Waals surface area contributed by atoms with Gasteiger partial charge in [-0.1, -0.05) is 6.07 Å². The molecule has 144 valence electrons. The number of hydrogen-bond acceptors (Lipinski definition) is 5. The number of amides is 1. The number of methoxy groups -OCH3 is 2. The molecule has 2 aromatic rings. The second-order valence-electron chi connectivity index (χ2n) is 6.29. The van der Waals surface area contributed by atoms with Crippen LogP contribution in [0.1, 0.15) is 17.5 Å². The Morgan fingerprint density at radius 1 is 1.11 bits per heavy atom. The van der Waals surface area contributed by atoms with Crippen molar-refractivity contribution in [1.29, 1.82) is 0 Å². The van der Waals surface area contributed by atoms with Crippen molar-refractivity contribution in [1.82, 2.24) is 10.6 Å². The SMILES string of the molecule is COc1cc(COc2ccc(CNC3CCNC3=O)cc2F)cc(OC)c1. The third-order valence-electron chi connectivity index (χ3n) is 4.40. The minimum absolute atomic E-state index is 0.0101. The van der Waals surface area contributed by atoms with E-state index >= 15 is 0 Å². The maximum atomic E-state index is 14.3. The first-order valence-electron chi connectivity index (χ1n) is 8.73. The molecule has 0 saturated carbocycles. The predicted octanol–water partition coefficient (Wildman–Crippen LogP) is 2.40. The average molecular weight is 374 g/mol. The second-order valence-corrected chi connectivity index (χ2v) is 6.29. The lowest BCUT2D eigenvalue weighted by Gasteiger charge is -2.12. The zero-order valence-electron chi connectivity index (χ0n) is 15.4. The van der Waals surface area contributed by atoms with Crippen molar-refractivity contribution in [2.45, 2.75) is 25.6 Å². The van der Waals surface area contributed by atoms with E-state index in [1.54, 1.807) is 32.4 Å². The number of benzene rings is 2. The summed E-state index contributed by atoms with van der Waals surface area (Å²) in [5.41, 5.74) is 1.56. The molecule has 1 aliphatic rings. The molecule has 1 unspecified atom stereocenters. The molecule has 2 N–H and O–H groups in total. The van der Waals surface area contributed by atoms with Crippen molar-refractivity contribution in [3.05, 3.63) is 53.3 Å². The zero-order valence-corrected chi connectivity index (χ0v) is 15.4. The molecule has 27 heavy (non-hydrogen) atoms. The van der Waals surface area contributed by atoms with E-state index in [1.165, 1.54) is 6.07 Å². The molecule has 7 heteroatoms. The van der Waals surface area contributed by atoms with Crippen LogP contribution in [0.15, 0.2) is 36.4 Å². The zero-order chi connectivity index (χ0) is 19.2. The van der Waals surface area contributed by atoms with Gasteiger partial charge in [-0.25, -0.2) is 4.39 Å². The molecule has 0 spiro atoms. The Bertz CT molecular complexity index is 790. The molecule has 3 rings (SSSR count). The van der Waals surface area contributed by atoms with Gasteiger partial charge in [0.05, 0.1) is 20.3 Å². The normalized spacial score (nSPS) is 16.1. The monoisotopic (exact) mass is 374 g/mol. The average Bonchev–Trinajstić information content (AvgIpc) is 3.10. The Labute approximate surface area is 157 Å². The van der Waals surface area contributed by atoms with Gasteiger partial charge in [0.25, 0.3) is 0 Å². The molecular formula is C20H23FN2O4. The summed E-state index contributed by atoms with van der Waals surface area (Å²) in [7, 11) is 3.14. The Morgan fingerprint density at radius 2 is 1.85 bits per heavy atom. The van der Waals surface area contributed by atoms with Crippen molar-refractivity contribution < 1.29 is 23.4 Å². The lowest BCUT2D eigenvalue weighted by molar-refractivity contribution is -0.120. The molecular weight excluding hydrogens is 351 g/mol. The molecule has 0 aromatic heterocycles. The summed E-state index contributed by atoms with van der Waals surface area (Å²) >= 11 is 0. The summed E-state index contributed by atoms with van der Waals surface area (Å²) in [5, 5.41) is 5.89. The van der Waals surface area contributed by atoms with Gasteiger partial charge in [-0.3, -0.25) is 4.79 Å². The predicted molar refractivity (Wildman–Crippen MR) is 98.5 cm³/mol. The minimum atomic E-state index is -0.444. The van der Waals surface area contributed by atoms with E-state index < -0.39 is 5.82 Å². The summed E-state index contributed by atoms with van der Waals surface area (Å²) in [6.45, 7) is 1.28. The smallest absolute Gasteiger partial charge is 0.237 e. The largest absolute Gasteiger partial charge is 0.497 e. The Balaban J connectivity index is 1.60. The van der Waals surface area contributed by atoms with Crippen LogP contribution in [0, 0.1) is 5.82 Å². The van der Waals surface area contributed by atoms with Crippen LogP contribution in [0.25, 0.3) is 0 Å². The lowest BCUT2D eigenvalue weighted by Crippen LogP contribution is -2.35. The number of halogens is 1. The standard InChI is InChI=1S/C20H23FN2O4/c1-25-15-7-14(8-16(10-15)26-2)12-27-19-4-3-13(9-17(19)21)11-23-18-5-6-22-20(18)24/h3-4,7-10,18,23H,5-6,11-12H2,1-2H3,(H,22,24). The van der Waals surface area contributed by atoms with E-state index in [0.29, 0.717) is 24.6 Å². The molecule has 0 aliphatic carbocycles. The third kappa shape index (κ3) is 4.89. The van der Waals surface area contributed by atoms with Gasteiger partial charge in [-0.2, -0.15) is 0 Å². The van der Waals surface area contributed by atoms with E-state index in [9.17, 15) is 9.18 Å². The maximum Gasteiger partial charge on any atom is 0.237 e. The van der Waals surface area contributed by atoms with E-state index in [2.05, 4.69) is 10.6 Å². The quantitative estimate of drug-likeness (QED) is 0.743. The van der Waals surface area contributed by atoms with Crippen LogP contribution in [-0.2, 0) is 17.9 Å². The van der Waals surface area contributed by atoms with Gasteiger partial charge in [0.2, 0.25) is 5.91 Å². The van der Waals surface area contributed by atoms with Crippen molar-refractivity contribution in [2.24, 2.45) is 0 Å². The number of carbonyl (C=O) groups is 1. The molecule has 0 bridgehead atoms. The molecule has 1 heterocycles. The van der Waals surface area contributed by atoms with Gasteiger partial charge < -0.3 is 24.8 Å². The van der Waals surface area contributed by atoms with Crippen LogP contribution < -0.4 is 24.8 Å².